The zero-order chi connectivity index (χ0) is 18.6. The van der Waals surface area contributed by atoms with Crippen LogP contribution in [0, 0.1) is 12.8 Å². The smallest absolute Gasteiger partial charge is 0.241 e. The summed E-state index contributed by atoms with van der Waals surface area (Å²) >= 11 is 0. The highest BCUT2D eigenvalue weighted by Crippen LogP contribution is 2.22. The summed E-state index contributed by atoms with van der Waals surface area (Å²) < 4.78 is 10.8. The quantitative estimate of drug-likeness (QED) is 0.821. The van der Waals surface area contributed by atoms with Crippen LogP contribution in [0.4, 0.5) is 0 Å². The van der Waals surface area contributed by atoms with E-state index < -0.39 is 0 Å². The molecule has 1 aromatic carbocycles. The largest absolute Gasteiger partial charge is 0.378 e. The second kappa shape index (κ2) is 8.19. The minimum absolute atomic E-state index is 0.0519. The molecule has 2 aliphatic rings. The third kappa shape index (κ3) is 4.36. The highest BCUT2D eigenvalue weighted by atomic mass is 16.5. The minimum Gasteiger partial charge on any atom is -0.378 e. The molecular weight excluding hydrogens is 344 g/mol. The fourth-order valence-corrected chi connectivity index (χ4v) is 3.85. The van der Waals surface area contributed by atoms with Crippen LogP contribution in [-0.2, 0) is 16.1 Å². The topological polar surface area (TPSA) is 71.7 Å². The van der Waals surface area contributed by atoms with Crippen molar-refractivity contribution in [2.24, 2.45) is 5.92 Å². The summed E-state index contributed by atoms with van der Waals surface area (Å²) in [5.41, 5.74) is 2.13. The number of nitrogens with zero attached hydrogens (tertiary/aromatic N) is 4. The average molecular weight is 370 g/mol. The maximum Gasteiger partial charge on any atom is 0.241 e. The number of hydrogen-bond donors (Lipinski definition) is 0. The Kier molecular flexibility index (Phi) is 5.50. The number of amides is 1. The molecule has 0 radical (unpaired) electrons. The van der Waals surface area contributed by atoms with Crippen LogP contribution < -0.4 is 0 Å². The number of carbonyl (C=O) groups is 1. The lowest BCUT2D eigenvalue weighted by molar-refractivity contribution is -0.141. The van der Waals surface area contributed by atoms with Crippen molar-refractivity contribution in [2.45, 2.75) is 26.3 Å². The van der Waals surface area contributed by atoms with E-state index in [0.29, 0.717) is 44.6 Å². The maximum absolute atomic E-state index is 12.8. The fraction of sp³-hybridized carbons (Fsp3) is 0.550. The van der Waals surface area contributed by atoms with E-state index in [1.54, 1.807) is 0 Å². The third-order valence-electron chi connectivity index (χ3n) is 5.28. The molecule has 0 spiro atoms. The molecule has 4 rings (SSSR count). The lowest BCUT2D eigenvalue weighted by Gasteiger charge is -2.35. The van der Waals surface area contributed by atoms with Crippen molar-refractivity contribution < 1.29 is 14.1 Å². The molecule has 1 aromatic heterocycles. The summed E-state index contributed by atoms with van der Waals surface area (Å²) in [7, 11) is 0. The lowest BCUT2D eigenvalue weighted by atomic mass is 9.96. The molecule has 0 bridgehead atoms. The second-order valence-corrected chi connectivity index (χ2v) is 7.39. The minimum atomic E-state index is 0.0519. The van der Waals surface area contributed by atoms with Gasteiger partial charge in [-0.25, -0.2) is 0 Å². The molecule has 2 fully saturated rings. The summed E-state index contributed by atoms with van der Waals surface area (Å²) in [4.78, 5) is 21.5. The predicted molar refractivity (Wildman–Crippen MR) is 99.9 cm³/mol. The summed E-state index contributed by atoms with van der Waals surface area (Å²) in [6, 6.07) is 8.07. The van der Waals surface area contributed by atoms with Crippen LogP contribution in [0.5, 0.6) is 0 Å². The normalized spacial score (nSPS) is 21.4. The number of piperidine rings is 1. The van der Waals surface area contributed by atoms with Gasteiger partial charge in [0, 0.05) is 25.2 Å². The SMILES string of the molecule is Cc1cccc(-c2noc(CN3CCCC(C(=O)N4CCOCC4)C3)n2)c1. The van der Waals surface area contributed by atoms with Crippen LogP contribution in [0.3, 0.4) is 0 Å². The van der Waals surface area contributed by atoms with Gasteiger partial charge in [0.05, 0.1) is 25.7 Å². The number of likely N-dealkylation sites (tertiary alicyclic amines) is 1. The Morgan fingerprint density at radius 2 is 2.11 bits per heavy atom. The zero-order valence-electron chi connectivity index (χ0n) is 15.8. The van der Waals surface area contributed by atoms with E-state index in [0.717, 1.165) is 31.5 Å². The van der Waals surface area contributed by atoms with Gasteiger partial charge in [0.15, 0.2) is 0 Å². The molecule has 1 atom stereocenters. The van der Waals surface area contributed by atoms with E-state index in [1.165, 1.54) is 5.56 Å². The molecular formula is C20H26N4O3. The number of ether oxygens (including phenoxy) is 1. The number of benzene rings is 1. The van der Waals surface area contributed by atoms with E-state index in [2.05, 4.69) is 15.0 Å². The van der Waals surface area contributed by atoms with Gasteiger partial charge in [-0.3, -0.25) is 9.69 Å². The Bertz CT molecular complexity index is 785. The van der Waals surface area contributed by atoms with Crippen LogP contribution in [-0.4, -0.2) is 65.2 Å². The predicted octanol–water partition coefficient (Wildman–Crippen LogP) is 2.12. The number of hydrogen-bond acceptors (Lipinski definition) is 6. The number of morpholine rings is 1. The molecule has 7 nitrogen and oxygen atoms in total. The van der Waals surface area contributed by atoms with Crippen molar-refractivity contribution in [1.82, 2.24) is 19.9 Å². The van der Waals surface area contributed by atoms with Gasteiger partial charge >= 0.3 is 0 Å². The van der Waals surface area contributed by atoms with Gasteiger partial charge in [-0.15, -0.1) is 0 Å². The van der Waals surface area contributed by atoms with E-state index >= 15 is 0 Å². The van der Waals surface area contributed by atoms with Crippen molar-refractivity contribution in [1.29, 1.82) is 0 Å². The molecule has 0 N–H and O–H groups in total. The number of aromatic nitrogens is 2. The van der Waals surface area contributed by atoms with E-state index in [1.807, 2.05) is 36.1 Å². The van der Waals surface area contributed by atoms with Crippen molar-refractivity contribution in [3.05, 3.63) is 35.7 Å². The fourth-order valence-electron chi connectivity index (χ4n) is 3.85. The molecule has 0 aliphatic carbocycles. The second-order valence-electron chi connectivity index (χ2n) is 7.39. The summed E-state index contributed by atoms with van der Waals surface area (Å²) in [6.07, 6.45) is 1.96. The lowest BCUT2D eigenvalue weighted by Crippen LogP contribution is -2.48. The van der Waals surface area contributed by atoms with E-state index in [9.17, 15) is 4.79 Å². The first-order valence-corrected chi connectivity index (χ1v) is 9.67. The molecule has 0 saturated carbocycles. The monoisotopic (exact) mass is 370 g/mol. The van der Waals surface area contributed by atoms with E-state index in [4.69, 9.17) is 9.26 Å². The average Bonchev–Trinajstić information content (AvgIpc) is 3.17. The highest BCUT2D eigenvalue weighted by molar-refractivity contribution is 5.79. The van der Waals surface area contributed by atoms with E-state index in [-0.39, 0.29) is 11.8 Å². The van der Waals surface area contributed by atoms with Gasteiger partial charge in [-0.05, 0) is 32.4 Å². The Morgan fingerprint density at radius 1 is 1.26 bits per heavy atom. The van der Waals surface area contributed by atoms with Crippen LogP contribution in [0.2, 0.25) is 0 Å². The standard InChI is InChI=1S/C20H26N4O3/c1-15-4-2-5-16(12-15)19-21-18(27-22-19)14-23-7-3-6-17(13-23)20(25)24-8-10-26-11-9-24/h2,4-5,12,17H,3,6-11,13-14H2,1H3. The van der Waals surface area contributed by atoms with Gasteiger partial charge in [0.2, 0.25) is 17.6 Å². The Balaban J connectivity index is 1.37. The van der Waals surface area contributed by atoms with Crippen molar-refractivity contribution in [2.75, 3.05) is 39.4 Å². The highest BCUT2D eigenvalue weighted by Gasteiger charge is 2.30. The summed E-state index contributed by atoms with van der Waals surface area (Å²) in [5.74, 6) is 1.53. The van der Waals surface area contributed by atoms with Crippen LogP contribution >= 0.6 is 0 Å². The first kappa shape index (κ1) is 18.1. The van der Waals surface area contributed by atoms with Crippen molar-refractivity contribution in [3.8, 4) is 11.4 Å². The molecule has 1 unspecified atom stereocenters. The number of rotatable bonds is 4. The molecule has 3 heterocycles. The van der Waals surface area contributed by atoms with Gasteiger partial charge in [0.25, 0.3) is 0 Å². The number of aryl methyl sites for hydroxylation is 1. The summed E-state index contributed by atoms with van der Waals surface area (Å²) in [6.45, 7) is 7.04. The molecule has 27 heavy (non-hydrogen) atoms. The van der Waals surface area contributed by atoms with Gasteiger partial charge in [0.1, 0.15) is 0 Å². The van der Waals surface area contributed by atoms with Gasteiger partial charge < -0.3 is 14.2 Å². The third-order valence-corrected chi connectivity index (χ3v) is 5.28. The van der Waals surface area contributed by atoms with Crippen LogP contribution in [0.25, 0.3) is 11.4 Å². The van der Waals surface area contributed by atoms with Gasteiger partial charge in [-0.1, -0.05) is 28.9 Å². The Morgan fingerprint density at radius 3 is 2.93 bits per heavy atom. The maximum atomic E-state index is 12.8. The zero-order valence-corrected chi connectivity index (χ0v) is 15.8. The Hall–Kier alpha value is -2.25. The molecule has 2 saturated heterocycles. The Labute approximate surface area is 159 Å². The molecule has 144 valence electrons. The van der Waals surface area contributed by atoms with Crippen LogP contribution in [0.1, 0.15) is 24.3 Å². The van der Waals surface area contributed by atoms with Gasteiger partial charge in [-0.2, -0.15) is 4.98 Å². The first-order chi connectivity index (χ1) is 13.2. The molecule has 2 aromatic rings. The molecule has 1 amide bonds. The first-order valence-electron chi connectivity index (χ1n) is 9.67. The van der Waals surface area contributed by atoms with Crippen LogP contribution in [0.15, 0.2) is 28.8 Å². The van der Waals surface area contributed by atoms with Crippen molar-refractivity contribution in [3.63, 3.8) is 0 Å². The molecule has 2 aliphatic heterocycles. The van der Waals surface area contributed by atoms with Crippen molar-refractivity contribution >= 4 is 5.91 Å². The summed E-state index contributed by atoms with van der Waals surface area (Å²) in [5, 5.41) is 4.12. The molecule has 7 heteroatoms. The number of carbonyl (C=O) groups excluding carboxylic acids is 1.